The number of carbonyl (C=O) groups is 3. The summed E-state index contributed by atoms with van der Waals surface area (Å²) in [6, 6.07) is 4.97. The van der Waals surface area contributed by atoms with E-state index >= 15 is 0 Å². The zero-order chi connectivity index (χ0) is 22.5. The van der Waals surface area contributed by atoms with Gasteiger partial charge in [0, 0.05) is 12.1 Å². The molecule has 3 amide bonds. The molecule has 0 aliphatic rings. The smallest absolute Gasteiger partial charge is 0.251 e. The molecular formula is C20H32FN5O4. The Labute approximate surface area is 176 Å². The highest BCUT2D eigenvalue weighted by molar-refractivity contribution is 5.94. The van der Waals surface area contributed by atoms with Crippen LogP contribution in [0.2, 0.25) is 0 Å². The number of hydrogen-bond acceptors (Lipinski definition) is 6. The molecule has 0 bridgehead atoms. The first-order valence-corrected chi connectivity index (χ1v) is 9.93. The first-order valence-electron chi connectivity index (χ1n) is 9.93. The maximum Gasteiger partial charge on any atom is 0.251 e. The number of rotatable bonds is 14. The van der Waals surface area contributed by atoms with Crippen molar-refractivity contribution in [1.29, 1.82) is 0 Å². The predicted octanol–water partition coefficient (Wildman–Crippen LogP) is 0.836. The number of carbonyl (C=O) groups excluding carboxylic acids is 3. The van der Waals surface area contributed by atoms with Gasteiger partial charge >= 0.3 is 0 Å². The van der Waals surface area contributed by atoms with Crippen molar-refractivity contribution in [1.82, 2.24) is 16.2 Å². The normalized spacial score (nSPS) is 13.0. The summed E-state index contributed by atoms with van der Waals surface area (Å²) in [5.74, 6) is 3.61. The van der Waals surface area contributed by atoms with Crippen LogP contribution in [0, 0.1) is 5.92 Å². The Bertz CT molecular complexity index is 702. The van der Waals surface area contributed by atoms with E-state index in [2.05, 4.69) is 15.5 Å². The molecule has 1 rings (SSSR count). The van der Waals surface area contributed by atoms with Crippen molar-refractivity contribution < 1.29 is 23.7 Å². The largest absolute Gasteiger partial charge is 0.368 e. The third-order valence-electron chi connectivity index (χ3n) is 4.46. The maximum absolute atomic E-state index is 12.9. The summed E-state index contributed by atoms with van der Waals surface area (Å²) in [5, 5.41) is 5.28. The van der Waals surface area contributed by atoms with E-state index in [-0.39, 0.29) is 18.4 Å². The van der Waals surface area contributed by atoms with Gasteiger partial charge in [-0.05, 0) is 49.3 Å². The Morgan fingerprint density at radius 2 is 1.90 bits per heavy atom. The molecule has 1 aromatic carbocycles. The molecule has 0 saturated carbocycles. The highest BCUT2D eigenvalue weighted by atomic mass is 19.2. The van der Waals surface area contributed by atoms with Crippen LogP contribution in [0.25, 0.3) is 0 Å². The van der Waals surface area contributed by atoms with Gasteiger partial charge in [-0.25, -0.2) is 5.90 Å². The fraction of sp³-hybridized carbons (Fsp3) is 0.550. The van der Waals surface area contributed by atoms with Crippen molar-refractivity contribution >= 4 is 17.7 Å². The van der Waals surface area contributed by atoms with Crippen LogP contribution in [0.1, 0.15) is 55.5 Å². The van der Waals surface area contributed by atoms with E-state index in [1.165, 1.54) is 5.54 Å². The van der Waals surface area contributed by atoms with E-state index in [4.69, 9.17) is 11.6 Å². The number of benzene rings is 1. The van der Waals surface area contributed by atoms with Gasteiger partial charge in [-0.1, -0.05) is 26.0 Å². The molecule has 0 heterocycles. The van der Waals surface area contributed by atoms with Crippen LogP contribution in [0.15, 0.2) is 24.3 Å². The molecule has 0 spiro atoms. The number of hydrogen-bond donors (Lipinski definition) is 5. The molecule has 7 N–H and O–H groups in total. The average molecular weight is 426 g/mol. The minimum Gasteiger partial charge on any atom is -0.368 e. The fourth-order valence-electron chi connectivity index (χ4n) is 2.91. The molecule has 0 saturated heterocycles. The Morgan fingerprint density at radius 1 is 1.17 bits per heavy atom. The van der Waals surface area contributed by atoms with Crippen molar-refractivity contribution in [2.24, 2.45) is 17.5 Å². The number of unbranched alkanes of at least 4 members (excludes halogenated alkanes) is 1. The van der Waals surface area contributed by atoms with Crippen molar-refractivity contribution in [3.63, 3.8) is 0 Å². The van der Waals surface area contributed by atoms with Gasteiger partial charge in [-0.15, -0.1) is 10.0 Å². The van der Waals surface area contributed by atoms with E-state index in [1.807, 2.05) is 13.8 Å². The quantitative estimate of drug-likeness (QED) is 0.169. The lowest BCUT2D eigenvalue weighted by molar-refractivity contribution is -0.130. The van der Waals surface area contributed by atoms with Crippen molar-refractivity contribution in [3.8, 4) is 0 Å². The van der Waals surface area contributed by atoms with Gasteiger partial charge in [0.2, 0.25) is 11.8 Å². The second-order valence-electron chi connectivity index (χ2n) is 7.52. The molecule has 168 valence electrons. The van der Waals surface area contributed by atoms with Gasteiger partial charge in [0.15, 0.2) is 0 Å². The molecule has 0 aliphatic heterocycles. The summed E-state index contributed by atoms with van der Waals surface area (Å²) in [6.07, 6.45) is 1.69. The van der Waals surface area contributed by atoms with E-state index in [1.54, 1.807) is 24.3 Å². The molecule has 0 unspecified atom stereocenters. The average Bonchev–Trinajstić information content (AvgIpc) is 2.70. The van der Waals surface area contributed by atoms with Gasteiger partial charge in [0.05, 0.1) is 6.61 Å². The molecule has 0 fully saturated rings. The molecule has 2 atom stereocenters. The predicted molar refractivity (Wildman–Crippen MR) is 110 cm³/mol. The summed E-state index contributed by atoms with van der Waals surface area (Å²) in [4.78, 5) is 40.5. The molecule has 0 radical (unpaired) electrons. The van der Waals surface area contributed by atoms with Crippen LogP contribution in [0.5, 0.6) is 0 Å². The van der Waals surface area contributed by atoms with Gasteiger partial charge in [-0.3, -0.25) is 19.2 Å². The first kappa shape index (κ1) is 25.5. The maximum atomic E-state index is 12.9. The monoisotopic (exact) mass is 425 g/mol. The van der Waals surface area contributed by atoms with Crippen LogP contribution in [0.3, 0.4) is 0 Å². The zero-order valence-corrected chi connectivity index (χ0v) is 17.4. The first-order chi connectivity index (χ1) is 14.3. The Hall–Kier alpha value is -2.56. The topological polar surface area (TPSA) is 149 Å². The molecule has 1 aromatic rings. The zero-order valence-electron chi connectivity index (χ0n) is 17.4. The third kappa shape index (κ3) is 9.29. The van der Waals surface area contributed by atoms with Crippen LogP contribution in [-0.2, 0) is 21.0 Å². The van der Waals surface area contributed by atoms with Gasteiger partial charge in [-0.2, -0.15) is 0 Å². The van der Waals surface area contributed by atoms with Gasteiger partial charge < -0.3 is 16.4 Å². The van der Waals surface area contributed by atoms with E-state index in [9.17, 15) is 18.9 Å². The summed E-state index contributed by atoms with van der Waals surface area (Å²) in [7, 11) is 0. The Balaban J connectivity index is 2.42. The molecular weight excluding hydrogens is 393 g/mol. The van der Waals surface area contributed by atoms with Crippen molar-refractivity contribution in [3.05, 3.63) is 35.4 Å². The number of halogens is 1. The van der Waals surface area contributed by atoms with Crippen LogP contribution < -0.4 is 27.8 Å². The standard InChI is InChI=1S/C20H32FN5O4/c1-13(2)10-17(26-21)20(29)25-16(18(22)27)8-3-4-9-24-19(28)15-7-5-6-14(11-15)12-30-23/h5-7,11,13,16-17,26H,3-4,8-10,12,23H2,1-2H3,(H2,22,27)(H,24,28)(H,25,29)/t16-,17-/m0/s1. The highest BCUT2D eigenvalue weighted by Gasteiger charge is 2.24. The second kappa shape index (κ2) is 13.6. The van der Waals surface area contributed by atoms with E-state index in [0.29, 0.717) is 37.8 Å². The summed E-state index contributed by atoms with van der Waals surface area (Å²) in [5.41, 5.74) is 8.09. The molecule has 30 heavy (non-hydrogen) atoms. The molecule has 10 heteroatoms. The number of nitrogens with two attached hydrogens (primary N) is 2. The van der Waals surface area contributed by atoms with Crippen LogP contribution >= 0.6 is 0 Å². The van der Waals surface area contributed by atoms with Gasteiger partial charge in [0.25, 0.3) is 5.91 Å². The molecule has 0 aliphatic carbocycles. The summed E-state index contributed by atoms with van der Waals surface area (Å²) in [6.45, 7) is 4.31. The van der Waals surface area contributed by atoms with Gasteiger partial charge in [0.1, 0.15) is 12.1 Å². The van der Waals surface area contributed by atoms with E-state index in [0.717, 1.165) is 5.56 Å². The van der Waals surface area contributed by atoms with Crippen molar-refractivity contribution in [2.45, 2.75) is 58.2 Å². The lowest BCUT2D eigenvalue weighted by Crippen LogP contribution is -2.50. The second-order valence-corrected chi connectivity index (χ2v) is 7.52. The van der Waals surface area contributed by atoms with E-state index < -0.39 is 23.9 Å². The highest BCUT2D eigenvalue weighted by Crippen LogP contribution is 2.08. The number of nitrogens with one attached hydrogen (secondary N) is 3. The molecule has 0 aromatic heterocycles. The summed E-state index contributed by atoms with van der Waals surface area (Å²) < 4.78 is 12.9. The fourth-order valence-corrected chi connectivity index (χ4v) is 2.91. The minimum atomic E-state index is -1.04. The molecule has 9 nitrogen and oxygen atoms in total. The minimum absolute atomic E-state index is 0.100. The lowest BCUT2D eigenvalue weighted by atomic mass is 10.0. The number of primary amides is 1. The Kier molecular flexibility index (Phi) is 11.6. The Morgan fingerprint density at radius 3 is 2.50 bits per heavy atom. The third-order valence-corrected chi connectivity index (χ3v) is 4.46. The van der Waals surface area contributed by atoms with Crippen LogP contribution in [-0.4, -0.2) is 36.3 Å². The lowest BCUT2D eigenvalue weighted by Gasteiger charge is -2.20. The summed E-state index contributed by atoms with van der Waals surface area (Å²) >= 11 is 0. The SMILES string of the molecule is CC(C)C[C@H](NF)C(=O)N[C@@H](CCCCNC(=O)c1cccc(CON)c1)C(N)=O. The number of amides is 3. The van der Waals surface area contributed by atoms with Crippen LogP contribution in [0.4, 0.5) is 4.48 Å². The van der Waals surface area contributed by atoms with Crippen molar-refractivity contribution in [2.75, 3.05) is 6.54 Å².